The topological polar surface area (TPSA) is 161 Å². The van der Waals surface area contributed by atoms with Gasteiger partial charge in [0.1, 0.15) is 5.75 Å². The summed E-state index contributed by atoms with van der Waals surface area (Å²) in [5, 5.41) is 20.1. The van der Waals surface area contributed by atoms with E-state index in [1.807, 2.05) is 0 Å². The van der Waals surface area contributed by atoms with E-state index in [-0.39, 0.29) is 29.8 Å². The minimum atomic E-state index is -4.36. The summed E-state index contributed by atoms with van der Waals surface area (Å²) in [4.78, 5) is 35.7. The summed E-state index contributed by atoms with van der Waals surface area (Å²) in [6, 6.07) is 16.5. The van der Waals surface area contributed by atoms with E-state index >= 15 is 0 Å². The number of carbonyl (C=O) groups excluding carboxylic acids is 2. The van der Waals surface area contributed by atoms with Crippen molar-refractivity contribution in [3.63, 3.8) is 0 Å². The SMILES string of the molecule is COc1ccc(N(C(=O)c2c3ccccc3nc3occc23)S(=O)(=O)CCCC(=O)On2c(O)ccc2O)cc1. The Morgan fingerprint density at radius 2 is 1.68 bits per heavy atom. The Hall–Kier alpha value is -5.04. The number of furan rings is 1. The maximum Gasteiger partial charge on any atom is 0.333 e. The Bertz CT molecular complexity index is 1810. The standard InChI is InChI=1S/C27H23N3O9S/c1-37-18-10-8-17(9-11-18)30(40(35,36)16-4-7-24(33)39-29-22(31)12-13-23(29)32)27(34)25-19-5-2-3-6-21(19)28-26-20(25)14-15-38-26/h2-3,5-6,8-15,31-32H,4,7,16H2,1H3. The van der Waals surface area contributed by atoms with E-state index in [2.05, 4.69) is 4.98 Å². The highest BCUT2D eigenvalue weighted by Gasteiger charge is 2.33. The fourth-order valence-electron chi connectivity index (χ4n) is 4.20. The third-order valence-corrected chi connectivity index (χ3v) is 7.80. The van der Waals surface area contributed by atoms with Crippen LogP contribution in [0.3, 0.4) is 0 Å². The summed E-state index contributed by atoms with van der Waals surface area (Å²) in [5.74, 6) is -2.89. The van der Waals surface area contributed by atoms with Gasteiger partial charge in [-0.15, -0.1) is 4.73 Å². The van der Waals surface area contributed by atoms with Crippen LogP contribution in [-0.2, 0) is 14.8 Å². The predicted octanol–water partition coefficient (Wildman–Crippen LogP) is 3.61. The van der Waals surface area contributed by atoms with Crippen molar-refractivity contribution >= 4 is 49.6 Å². The molecule has 0 saturated carbocycles. The first kappa shape index (κ1) is 26.6. The number of aromatic nitrogens is 2. The number of para-hydroxylation sites is 1. The van der Waals surface area contributed by atoms with Crippen LogP contribution in [-0.4, -0.2) is 53.1 Å². The second-order valence-corrected chi connectivity index (χ2v) is 10.6. The van der Waals surface area contributed by atoms with E-state index in [0.717, 1.165) is 12.1 Å². The van der Waals surface area contributed by atoms with E-state index in [1.54, 1.807) is 30.3 Å². The molecule has 206 valence electrons. The number of methoxy groups -OCH3 is 1. The van der Waals surface area contributed by atoms with Crippen LogP contribution in [0, 0.1) is 0 Å². The zero-order valence-corrected chi connectivity index (χ0v) is 21.9. The van der Waals surface area contributed by atoms with Crippen LogP contribution in [0.15, 0.2) is 77.4 Å². The minimum Gasteiger partial charge on any atom is -0.497 e. The maximum absolute atomic E-state index is 14.2. The molecule has 1 amide bonds. The monoisotopic (exact) mass is 565 g/mol. The molecule has 12 nitrogen and oxygen atoms in total. The highest BCUT2D eigenvalue weighted by atomic mass is 32.2. The van der Waals surface area contributed by atoms with Crippen LogP contribution in [0.1, 0.15) is 23.2 Å². The van der Waals surface area contributed by atoms with Gasteiger partial charge in [-0.3, -0.25) is 4.79 Å². The number of fused-ring (bicyclic) bond motifs is 2. The zero-order chi connectivity index (χ0) is 28.4. The number of rotatable bonds is 9. The molecule has 0 saturated heterocycles. The van der Waals surface area contributed by atoms with Crippen LogP contribution < -0.4 is 13.9 Å². The molecule has 2 aromatic carbocycles. The van der Waals surface area contributed by atoms with Crippen LogP contribution in [0.2, 0.25) is 0 Å². The van der Waals surface area contributed by atoms with Crippen LogP contribution in [0.25, 0.3) is 22.0 Å². The highest BCUT2D eigenvalue weighted by molar-refractivity contribution is 7.93. The second kappa shape index (κ2) is 10.6. The molecule has 13 heteroatoms. The van der Waals surface area contributed by atoms with Crippen LogP contribution in [0.5, 0.6) is 17.5 Å². The largest absolute Gasteiger partial charge is 0.497 e. The van der Waals surface area contributed by atoms with Gasteiger partial charge in [-0.05, 0) is 42.8 Å². The smallest absolute Gasteiger partial charge is 0.333 e. The summed E-state index contributed by atoms with van der Waals surface area (Å²) in [6.07, 6.45) is 0.763. The van der Waals surface area contributed by atoms with Crippen molar-refractivity contribution < 1.29 is 42.2 Å². The van der Waals surface area contributed by atoms with Crippen molar-refractivity contribution in [3.05, 3.63) is 78.6 Å². The predicted molar refractivity (Wildman–Crippen MR) is 144 cm³/mol. The van der Waals surface area contributed by atoms with Gasteiger partial charge in [0.15, 0.2) is 0 Å². The molecule has 0 bridgehead atoms. The summed E-state index contributed by atoms with van der Waals surface area (Å²) in [5.41, 5.74) is 0.771. The Morgan fingerprint density at radius 1 is 0.975 bits per heavy atom. The molecule has 0 aliphatic rings. The number of carbonyl (C=O) groups is 2. The Morgan fingerprint density at radius 3 is 2.38 bits per heavy atom. The van der Waals surface area contributed by atoms with Gasteiger partial charge in [-0.1, -0.05) is 18.2 Å². The van der Waals surface area contributed by atoms with E-state index < -0.39 is 39.4 Å². The van der Waals surface area contributed by atoms with Crippen molar-refractivity contribution in [2.45, 2.75) is 12.8 Å². The maximum atomic E-state index is 14.2. The molecule has 0 spiro atoms. The van der Waals surface area contributed by atoms with Crippen molar-refractivity contribution in [3.8, 4) is 17.5 Å². The lowest BCUT2D eigenvalue weighted by Gasteiger charge is -2.24. The number of amides is 1. The lowest BCUT2D eigenvalue weighted by molar-refractivity contribution is -0.145. The van der Waals surface area contributed by atoms with E-state index in [9.17, 15) is 28.2 Å². The fourth-order valence-corrected chi connectivity index (χ4v) is 5.68. The average Bonchev–Trinajstić information content (AvgIpc) is 3.53. The van der Waals surface area contributed by atoms with E-state index in [1.165, 1.54) is 37.6 Å². The number of aromatic hydroxyl groups is 2. The fraction of sp³-hybridized carbons (Fsp3) is 0.148. The van der Waals surface area contributed by atoms with Crippen LogP contribution in [0.4, 0.5) is 5.69 Å². The summed E-state index contributed by atoms with van der Waals surface area (Å²) < 4.78 is 39.2. The highest BCUT2D eigenvalue weighted by Crippen LogP contribution is 2.32. The minimum absolute atomic E-state index is 0.0631. The normalized spacial score (nSPS) is 11.5. The van der Waals surface area contributed by atoms with Crippen molar-refractivity contribution in [1.29, 1.82) is 0 Å². The molecule has 0 unspecified atom stereocenters. The molecule has 40 heavy (non-hydrogen) atoms. The van der Waals surface area contributed by atoms with Crippen molar-refractivity contribution in [2.24, 2.45) is 0 Å². The van der Waals surface area contributed by atoms with Gasteiger partial charge < -0.3 is 24.2 Å². The molecule has 2 N–H and O–H groups in total. The zero-order valence-electron chi connectivity index (χ0n) is 21.1. The molecule has 3 heterocycles. The second-order valence-electron chi connectivity index (χ2n) is 8.64. The van der Waals surface area contributed by atoms with Crippen molar-refractivity contribution in [1.82, 2.24) is 9.71 Å². The molecular formula is C27H23N3O9S. The third kappa shape index (κ3) is 5.01. The molecule has 0 radical (unpaired) electrons. The number of sulfonamides is 1. The Labute approximate surface area is 227 Å². The average molecular weight is 566 g/mol. The number of nitrogens with zero attached hydrogens (tertiary/aromatic N) is 3. The van der Waals surface area contributed by atoms with E-state index in [0.29, 0.717) is 31.1 Å². The number of benzene rings is 2. The van der Waals surface area contributed by atoms with Crippen LogP contribution >= 0.6 is 0 Å². The number of hydrogen-bond acceptors (Lipinski definition) is 10. The first-order chi connectivity index (χ1) is 19.2. The van der Waals surface area contributed by atoms with Gasteiger partial charge >= 0.3 is 5.97 Å². The van der Waals surface area contributed by atoms with Gasteiger partial charge in [0, 0.05) is 23.9 Å². The van der Waals surface area contributed by atoms with Crippen molar-refractivity contribution in [2.75, 3.05) is 17.2 Å². The molecule has 0 aliphatic heterocycles. The molecule has 3 aromatic heterocycles. The molecule has 0 fully saturated rings. The van der Waals surface area contributed by atoms with Gasteiger partial charge in [0.2, 0.25) is 27.5 Å². The Balaban J connectivity index is 1.48. The first-order valence-corrected chi connectivity index (χ1v) is 13.6. The quantitative estimate of drug-likeness (QED) is 0.270. The lowest BCUT2D eigenvalue weighted by atomic mass is 10.0. The summed E-state index contributed by atoms with van der Waals surface area (Å²) >= 11 is 0. The summed E-state index contributed by atoms with van der Waals surface area (Å²) in [7, 11) is -2.90. The number of pyridine rings is 1. The molecular weight excluding hydrogens is 542 g/mol. The first-order valence-electron chi connectivity index (χ1n) is 12.0. The number of ether oxygens (including phenoxy) is 1. The van der Waals surface area contributed by atoms with Gasteiger partial charge in [0.05, 0.1) is 41.3 Å². The molecule has 0 atom stereocenters. The van der Waals surface area contributed by atoms with Gasteiger partial charge in [0.25, 0.3) is 5.91 Å². The Kier molecular flexibility index (Phi) is 7.05. The number of anilines is 1. The van der Waals surface area contributed by atoms with Gasteiger partial charge in [-0.2, -0.15) is 0 Å². The lowest BCUT2D eigenvalue weighted by Crippen LogP contribution is -2.39. The molecule has 5 aromatic rings. The van der Waals surface area contributed by atoms with Gasteiger partial charge in [-0.25, -0.2) is 22.5 Å². The number of hydrogen-bond donors (Lipinski definition) is 2. The summed E-state index contributed by atoms with van der Waals surface area (Å²) in [6.45, 7) is 0. The van der Waals surface area contributed by atoms with E-state index in [4.69, 9.17) is 14.0 Å². The molecule has 0 aliphatic carbocycles. The molecule has 5 rings (SSSR count). The third-order valence-electron chi connectivity index (χ3n) is 6.07.